The van der Waals surface area contributed by atoms with E-state index in [2.05, 4.69) is 0 Å². The first-order valence-electron chi connectivity index (χ1n) is 6.01. The third-order valence-corrected chi connectivity index (χ3v) is 5.41. The zero-order chi connectivity index (χ0) is 12.9. The molecule has 0 saturated carbocycles. The van der Waals surface area contributed by atoms with E-state index in [4.69, 9.17) is 0 Å². The fraction of sp³-hybridized carbons (Fsp3) is 0.538. The van der Waals surface area contributed by atoms with E-state index >= 15 is 0 Å². The quantitative estimate of drug-likeness (QED) is 0.792. The molecular weight excluding hydrogens is 261 g/mol. The topological polar surface area (TPSA) is 20.2 Å². The van der Waals surface area contributed by atoms with Crippen LogP contribution in [0.1, 0.15) is 31.2 Å². The first-order valence-corrected chi connectivity index (χ1v) is 6.95. The minimum absolute atomic E-state index is 0.0985. The van der Waals surface area contributed by atoms with E-state index in [0.717, 1.165) is 18.9 Å². The van der Waals surface area contributed by atoms with Crippen LogP contribution in [-0.2, 0) is 5.60 Å². The molecule has 1 aromatic carbocycles. The third kappa shape index (κ3) is 1.93. The van der Waals surface area contributed by atoms with Crippen LogP contribution in [0.3, 0.4) is 0 Å². The van der Waals surface area contributed by atoms with E-state index in [9.17, 15) is 18.3 Å². The van der Waals surface area contributed by atoms with Crippen molar-refractivity contribution in [2.45, 2.75) is 41.8 Å². The maximum atomic E-state index is 13.8. The average molecular weight is 274 g/mol. The van der Waals surface area contributed by atoms with Gasteiger partial charge in [0.05, 0.1) is 5.60 Å². The molecule has 0 radical (unpaired) electrons. The SMILES string of the molecule is OC1(c2cc(F)c(F)cc2F)CC2CCC(C1)S2. The summed E-state index contributed by atoms with van der Waals surface area (Å²) in [6, 6.07) is 1.33. The van der Waals surface area contributed by atoms with Crippen LogP contribution in [-0.4, -0.2) is 15.6 Å². The van der Waals surface area contributed by atoms with E-state index in [-0.39, 0.29) is 5.56 Å². The Kier molecular flexibility index (Phi) is 2.86. The van der Waals surface area contributed by atoms with Gasteiger partial charge in [0.1, 0.15) is 5.82 Å². The van der Waals surface area contributed by atoms with Gasteiger partial charge in [-0.3, -0.25) is 0 Å². The van der Waals surface area contributed by atoms with Crippen LogP contribution in [0.2, 0.25) is 0 Å². The fourth-order valence-electron chi connectivity index (χ4n) is 3.02. The maximum absolute atomic E-state index is 13.8. The predicted octanol–water partition coefficient (Wildman–Crippen LogP) is 3.35. The van der Waals surface area contributed by atoms with Crippen LogP contribution < -0.4 is 0 Å². The molecule has 1 N–H and O–H groups in total. The molecule has 1 nitrogen and oxygen atoms in total. The second-order valence-corrected chi connectivity index (χ2v) is 6.75. The smallest absolute Gasteiger partial charge is 0.161 e. The minimum Gasteiger partial charge on any atom is -0.385 e. The molecule has 2 atom stereocenters. The van der Waals surface area contributed by atoms with Gasteiger partial charge in [-0.1, -0.05) is 0 Å². The molecule has 2 fully saturated rings. The predicted molar refractivity (Wildman–Crippen MR) is 63.8 cm³/mol. The Morgan fingerprint density at radius 3 is 2.17 bits per heavy atom. The Labute approximate surface area is 107 Å². The second kappa shape index (κ2) is 4.17. The molecule has 2 bridgehead atoms. The zero-order valence-corrected chi connectivity index (χ0v) is 10.4. The first-order chi connectivity index (χ1) is 8.48. The number of hydrogen-bond donors (Lipinski definition) is 1. The van der Waals surface area contributed by atoms with Crippen molar-refractivity contribution in [3.05, 3.63) is 35.1 Å². The Balaban J connectivity index is 2.01. The van der Waals surface area contributed by atoms with Gasteiger partial charge >= 0.3 is 0 Å². The van der Waals surface area contributed by atoms with Crippen LogP contribution >= 0.6 is 11.8 Å². The molecule has 1 aromatic rings. The number of rotatable bonds is 1. The molecule has 2 heterocycles. The van der Waals surface area contributed by atoms with Gasteiger partial charge in [0.25, 0.3) is 0 Å². The van der Waals surface area contributed by atoms with E-state index in [1.807, 2.05) is 11.8 Å². The van der Waals surface area contributed by atoms with Crippen molar-refractivity contribution >= 4 is 11.8 Å². The highest BCUT2D eigenvalue weighted by molar-refractivity contribution is 8.00. The summed E-state index contributed by atoms with van der Waals surface area (Å²) in [5.74, 6) is -3.18. The lowest BCUT2D eigenvalue weighted by atomic mass is 9.85. The lowest BCUT2D eigenvalue weighted by molar-refractivity contribution is 0.0158. The molecule has 2 unspecified atom stereocenters. The first kappa shape index (κ1) is 12.4. The lowest BCUT2D eigenvalue weighted by Crippen LogP contribution is -2.35. The molecule has 98 valence electrons. The zero-order valence-electron chi connectivity index (χ0n) is 9.63. The summed E-state index contributed by atoms with van der Waals surface area (Å²) in [4.78, 5) is 0. The molecule has 18 heavy (non-hydrogen) atoms. The van der Waals surface area contributed by atoms with Crippen molar-refractivity contribution in [3.63, 3.8) is 0 Å². The summed E-state index contributed by atoms with van der Waals surface area (Å²) in [6.07, 6.45) is 2.83. The molecular formula is C13H13F3OS. The number of thioether (sulfide) groups is 1. The van der Waals surface area contributed by atoms with Crippen molar-refractivity contribution in [2.75, 3.05) is 0 Å². The summed E-state index contributed by atoms with van der Waals surface area (Å²) in [7, 11) is 0. The summed E-state index contributed by atoms with van der Waals surface area (Å²) in [5, 5.41) is 11.2. The highest BCUT2D eigenvalue weighted by Gasteiger charge is 2.45. The molecule has 2 saturated heterocycles. The Morgan fingerprint density at radius 1 is 1.00 bits per heavy atom. The highest BCUT2D eigenvalue weighted by atomic mass is 32.2. The van der Waals surface area contributed by atoms with Crippen molar-refractivity contribution in [3.8, 4) is 0 Å². The van der Waals surface area contributed by atoms with E-state index in [1.165, 1.54) is 0 Å². The molecule has 2 aliphatic rings. The second-order valence-electron chi connectivity index (χ2n) is 5.14. The number of benzene rings is 1. The highest BCUT2D eigenvalue weighted by Crippen LogP contribution is 2.51. The fourth-order valence-corrected chi connectivity index (χ4v) is 4.85. The van der Waals surface area contributed by atoms with E-state index in [1.54, 1.807) is 0 Å². The van der Waals surface area contributed by atoms with Crippen LogP contribution in [0.5, 0.6) is 0 Å². The monoisotopic (exact) mass is 274 g/mol. The molecule has 5 heteroatoms. The summed E-state index contributed by atoms with van der Waals surface area (Å²) in [6.45, 7) is 0. The van der Waals surface area contributed by atoms with E-state index < -0.39 is 23.1 Å². The van der Waals surface area contributed by atoms with Gasteiger partial charge in [0, 0.05) is 22.1 Å². The van der Waals surface area contributed by atoms with Gasteiger partial charge in [0.15, 0.2) is 11.6 Å². The number of aliphatic hydroxyl groups is 1. The van der Waals surface area contributed by atoms with Crippen LogP contribution in [0.25, 0.3) is 0 Å². The van der Waals surface area contributed by atoms with Gasteiger partial charge in [-0.05, 0) is 31.7 Å². The normalized spacial score (nSPS) is 34.9. The van der Waals surface area contributed by atoms with Crippen LogP contribution in [0, 0.1) is 17.5 Å². The van der Waals surface area contributed by atoms with Gasteiger partial charge in [-0.25, -0.2) is 13.2 Å². The van der Waals surface area contributed by atoms with Crippen molar-refractivity contribution in [1.82, 2.24) is 0 Å². The molecule has 2 aliphatic heterocycles. The standard InChI is InChI=1S/C13H13F3OS/c14-10-4-12(16)11(15)3-9(10)13(17)5-7-1-2-8(6-13)18-7/h3-4,7-8,17H,1-2,5-6H2. The third-order valence-electron chi connectivity index (χ3n) is 3.84. The van der Waals surface area contributed by atoms with Crippen molar-refractivity contribution in [2.24, 2.45) is 0 Å². The number of hydrogen-bond acceptors (Lipinski definition) is 2. The average Bonchev–Trinajstić information content (AvgIpc) is 2.64. The van der Waals surface area contributed by atoms with Gasteiger partial charge < -0.3 is 5.11 Å². The van der Waals surface area contributed by atoms with Gasteiger partial charge in [0.2, 0.25) is 0 Å². The lowest BCUT2D eigenvalue weighted by Gasteiger charge is -2.36. The Morgan fingerprint density at radius 2 is 1.56 bits per heavy atom. The minimum atomic E-state index is -1.35. The summed E-state index contributed by atoms with van der Waals surface area (Å²) < 4.78 is 39.9. The van der Waals surface area contributed by atoms with Crippen LogP contribution in [0.4, 0.5) is 13.2 Å². The van der Waals surface area contributed by atoms with Crippen molar-refractivity contribution in [1.29, 1.82) is 0 Å². The molecule has 0 amide bonds. The van der Waals surface area contributed by atoms with Crippen LogP contribution in [0.15, 0.2) is 12.1 Å². The Hall–Kier alpha value is -0.680. The molecule has 3 rings (SSSR count). The number of fused-ring (bicyclic) bond motifs is 2. The molecule has 0 aromatic heterocycles. The van der Waals surface area contributed by atoms with Crippen molar-refractivity contribution < 1.29 is 18.3 Å². The molecule has 0 spiro atoms. The molecule has 0 aliphatic carbocycles. The van der Waals surface area contributed by atoms with E-state index in [0.29, 0.717) is 29.4 Å². The largest absolute Gasteiger partial charge is 0.385 e. The summed E-state index contributed by atoms with van der Waals surface area (Å²) >= 11 is 1.81. The van der Waals surface area contributed by atoms with Gasteiger partial charge in [-0.15, -0.1) is 0 Å². The van der Waals surface area contributed by atoms with Gasteiger partial charge in [-0.2, -0.15) is 11.8 Å². The maximum Gasteiger partial charge on any atom is 0.161 e. The number of halogens is 3. The Bertz CT molecular complexity index is 479. The summed E-state index contributed by atoms with van der Waals surface area (Å²) in [5.41, 5.74) is -1.45.